The van der Waals surface area contributed by atoms with Gasteiger partial charge in [-0.3, -0.25) is 4.79 Å². The molecule has 3 aromatic rings. The molecule has 0 spiro atoms. The van der Waals surface area contributed by atoms with Crippen molar-refractivity contribution in [2.45, 2.75) is 20.8 Å². The van der Waals surface area contributed by atoms with Gasteiger partial charge in [-0.1, -0.05) is 18.2 Å². The second-order valence-corrected chi connectivity index (χ2v) is 6.72. The highest BCUT2D eigenvalue weighted by molar-refractivity contribution is 6.05. The number of aromatic nitrogens is 1. The van der Waals surface area contributed by atoms with E-state index in [1.807, 2.05) is 44.2 Å². The van der Waals surface area contributed by atoms with Crippen LogP contribution in [0.3, 0.4) is 0 Å². The first-order valence-corrected chi connectivity index (χ1v) is 9.00. The van der Waals surface area contributed by atoms with Gasteiger partial charge in [-0.25, -0.2) is 0 Å². The van der Waals surface area contributed by atoms with Gasteiger partial charge < -0.3 is 19.4 Å². The van der Waals surface area contributed by atoms with Crippen LogP contribution in [0.15, 0.2) is 48.5 Å². The monoisotopic (exact) mass is 362 g/mol. The minimum atomic E-state index is -0.139. The van der Waals surface area contributed by atoms with E-state index in [2.05, 4.69) is 28.9 Å². The number of amides is 1. The molecule has 0 radical (unpaired) electrons. The second kappa shape index (κ2) is 6.83. The minimum Gasteiger partial charge on any atom is -0.486 e. The smallest absolute Gasteiger partial charge is 0.257 e. The van der Waals surface area contributed by atoms with E-state index >= 15 is 0 Å². The molecule has 5 nitrogen and oxygen atoms in total. The van der Waals surface area contributed by atoms with Crippen LogP contribution < -0.4 is 14.8 Å². The van der Waals surface area contributed by atoms with Crippen molar-refractivity contribution in [3.05, 3.63) is 71.0 Å². The van der Waals surface area contributed by atoms with Crippen molar-refractivity contribution in [3.63, 3.8) is 0 Å². The maximum Gasteiger partial charge on any atom is 0.257 e. The Bertz CT molecular complexity index is 1020. The van der Waals surface area contributed by atoms with Crippen molar-refractivity contribution >= 4 is 11.6 Å². The third-order valence-electron chi connectivity index (χ3n) is 4.83. The van der Waals surface area contributed by atoms with Crippen molar-refractivity contribution in [3.8, 4) is 17.2 Å². The third kappa shape index (κ3) is 3.16. The Hall–Kier alpha value is -3.21. The standard InChI is InChI=1S/C22H22N2O3/c1-14-6-4-5-7-19(14)24-15(2)12-18(16(24)3)22(25)23-17-8-9-20-21(13-17)27-11-10-26-20/h4-9,12-13H,10-11H2,1-3H3,(H,23,25). The lowest BCUT2D eigenvalue weighted by molar-refractivity contribution is 0.102. The third-order valence-corrected chi connectivity index (χ3v) is 4.83. The molecule has 1 aliphatic heterocycles. The van der Waals surface area contributed by atoms with E-state index in [4.69, 9.17) is 9.47 Å². The predicted molar refractivity (Wildman–Crippen MR) is 105 cm³/mol. The topological polar surface area (TPSA) is 52.5 Å². The molecule has 1 aromatic heterocycles. The van der Waals surface area contributed by atoms with Gasteiger partial charge in [0.2, 0.25) is 0 Å². The number of nitrogens with zero attached hydrogens (tertiary/aromatic N) is 1. The SMILES string of the molecule is Cc1ccccc1-n1c(C)cc(C(=O)Nc2ccc3c(c2)OCCO3)c1C. The number of fused-ring (bicyclic) bond motifs is 1. The number of nitrogens with one attached hydrogen (secondary N) is 1. The highest BCUT2D eigenvalue weighted by Crippen LogP contribution is 2.33. The number of ether oxygens (including phenoxy) is 2. The summed E-state index contributed by atoms with van der Waals surface area (Å²) in [4.78, 5) is 12.9. The Kier molecular flexibility index (Phi) is 4.36. The van der Waals surface area contributed by atoms with Gasteiger partial charge in [0.1, 0.15) is 13.2 Å². The Morgan fingerprint density at radius 3 is 2.48 bits per heavy atom. The zero-order valence-corrected chi connectivity index (χ0v) is 15.7. The summed E-state index contributed by atoms with van der Waals surface area (Å²) >= 11 is 0. The minimum absolute atomic E-state index is 0.139. The fraction of sp³-hybridized carbons (Fsp3) is 0.227. The fourth-order valence-electron chi connectivity index (χ4n) is 3.50. The largest absolute Gasteiger partial charge is 0.486 e. The maximum absolute atomic E-state index is 12.9. The van der Waals surface area contributed by atoms with E-state index in [9.17, 15) is 4.79 Å². The van der Waals surface area contributed by atoms with Crippen molar-refractivity contribution in [2.75, 3.05) is 18.5 Å². The number of aryl methyl sites for hydroxylation is 2. The van der Waals surface area contributed by atoms with E-state index < -0.39 is 0 Å². The summed E-state index contributed by atoms with van der Waals surface area (Å²) in [6.07, 6.45) is 0. The van der Waals surface area contributed by atoms with Gasteiger partial charge in [0.05, 0.1) is 5.56 Å². The molecule has 27 heavy (non-hydrogen) atoms. The zero-order chi connectivity index (χ0) is 19.0. The molecule has 0 bridgehead atoms. The molecule has 0 fully saturated rings. The van der Waals surface area contributed by atoms with E-state index in [1.54, 1.807) is 6.07 Å². The van der Waals surface area contributed by atoms with Crippen molar-refractivity contribution in [2.24, 2.45) is 0 Å². The van der Waals surface area contributed by atoms with Crippen LogP contribution in [0.4, 0.5) is 5.69 Å². The van der Waals surface area contributed by atoms with Gasteiger partial charge >= 0.3 is 0 Å². The van der Waals surface area contributed by atoms with Gasteiger partial charge in [0, 0.05) is 28.8 Å². The Labute approximate surface area is 158 Å². The number of carbonyl (C=O) groups is 1. The molecule has 1 aliphatic rings. The number of benzene rings is 2. The molecular formula is C22H22N2O3. The van der Waals surface area contributed by atoms with E-state index in [-0.39, 0.29) is 5.91 Å². The van der Waals surface area contributed by atoms with E-state index in [0.29, 0.717) is 36.0 Å². The first-order valence-electron chi connectivity index (χ1n) is 9.00. The molecule has 1 amide bonds. The molecule has 1 N–H and O–H groups in total. The normalized spacial score (nSPS) is 12.7. The molecule has 0 saturated carbocycles. The predicted octanol–water partition coefficient (Wildman–Crippen LogP) is 4.43. The second-order valence-electron chi connectivity index (χ2n) is 6.72. The van der Waals surface area contributed by atoms with Gasteiger partial charge in [-0.2, -0.15) is 0 Å². The van der Waals surface area contributed by atoms with Crippen LogP contribution in [0.1, 0.15) is 27.3 Å². The highest BCUT2D eigenvalue weighted by Gasteiger charge is 2.19. The number of anilines is 1. The van der Waals surface area contributed by atoms with Crippen molar-refractivity contribution in [1.29, 1.82) is 0 Å². The quantitative estimate of drug-likeness (QED) is 0.750. The Balaban J connectivity index is 1.63. The average Bonchev–Trinajstić information content (AvgIpc) is 2.96. The lowest BCUT2D eigenvalue weighted by Crippen LogP contribution is -2.16. The summed E-state index contributed by atoms with van der Waals surface area (Å²) in [5.41, 5.74) is 5.53. The molecule has 2 aromatic carbocycles. The first kappa shape index (κ1) is 17.2. The zero-order valence-electron chi connectivity index (χ0n) is 15.7. The van der Waals surface area contributed by atoms with E-state index in [1.165, 1.54) is 0 Å². The molecular weight excluding hydrogens is 340 g/mol. The van der Waals surface area contributed by atoms with Gasteiger partial charge in [0.25, 0.3) is 5.91 Å². The fourth-order valence-corrected chi connectivity index (χ4v) is 3.50. The van der Waals surface area contributed by atoms with Crippen LogP contribution in [0, 0.1) is 20.8 Å². The van der Waals surface area contributed by atoms with Crippen molar-refractivity contribution in [1.82, 2.24) is 4.57 Å². The Morgan fingerprint density at radius 1 is 0.963 bits per heavy atom. The number of carbonyl (C=O) groups excluding carboxylic acids is 1. The van der Waals surface area contributed by atoms with Crippen LogP contribution in [-0.2, 0) is 0 Å². The van der Waals surface area contributed by atoms with Gasteiger partial charge in [-0.05, 0) is 50.6 Å². The van der Waals surface area contributed by atoms with Crippen molar-refractivity contribution < 1.29 is 14.3 Å². The van der Waals surface area contributed by atoms with Gasteiger partial charge in [0.15, 0.2) is 11.5 Å². The molecule has 2 heterocycles. The molecule has 138 valence electrons. The van der Waals surface area contributed by atoms with Crippen LogP contribution in [0.5, 0.6) is 11.5 Å². The van der Waals surface area contributed by atoms with Crippen LogP contribution in [0.2, 0.25) is 0 Å². The number of para-hydroxylation sites is 1. The number of rotatable bonds is 3. The van der Waals surface area contributed by atoms with E-state index in [0.717, 1.165) is 22.6 Å². The number of hydrogen-bond acceptors (Lipinski definition) is 3. The Morgan fingerprint density at radius 2 is 1.70 bits per heavy atom. The summed E-state index contributed by atoms with van der Waals surface area (Å²) in [7, 11) is 0. The summed E-state index contributed by atoms with van der Waals surface area (Å²) < 4.78 is 13.2. The molecule has 0 unspecified atom stereocenters. The lowest BCUT2D eigenvalue weighted by Gasteiger charge is -2.19. The molecule has 0 saturated heterocycles. The van der Waals surface area contributed by atoms with Crippen LogP contribution in [0.25, 0.3) is 5.69 Å². The molecule has 0 atom stereocenters. The number of hydrogen-bond donors (Lipinski definition) is 1. The van der Waals surface area contributed by atoms with Crippen LogP contribution in [-0.4, -0.2) is 23.7 Å². The summed E-state index contributed by atoms with van der Waals surface area (Å²) in [6.45, 7) is 7.12. The highest BCUT2D eigenvalue weighted by atomic mass is 16.6. The van der Waals surface area contributed by atoms with Gasteiger partial charge in [-0.15, -0.1) is 0 Å². The molecule has 0 aliphatic carbocycles. The summed E-state index contributed by atoms with van der Waals surface area (Å²) in [5.74, 6) is 1.22. The van der Waals surface area contributed by atoms with Crippen LogP contribution >= 0.6 is 0 Å². The first-order chi connectivity index (χ1) is 13.0. The lowest BCUT2D eigenvalue weighted by atomic mass is 10.2. The molecule has 4 rings (SSSR count). The average molecular weight is 362 g/mol. The summed E-state index contributed by atoms with van der Waals surface area (Å²) in [5, 5.41) is 2.97. The molecule has 5 heteroatoms. The maximum atomic E-state index is 12.9. The summed E-state index contributed by atoms with van der Waals surface area (Å²) in [6, 6.07) is 15.5.